The van der Waals surface area contributed by atoms with Gasteiger partial charge in [0.05, 0.1) is 14.2 Å². The van der Waals surface area contributed by atoms with Crippen molar-refractivity contribution in [2.75, 3.05) is 19.5 Å². The Morgan fingerprint density at radius 1 is 1.15 bits per heavy atom. The number of halogens is 1. The minimum absolute atomic E-state index is 0.303. The van der Waals surface area contributed by atoms with Gasteiger partial charge in [-0.1, -0.05) is 0 Å². The summed E-state index contributed by atoms with van der Waals surface area (Å²) in [7, 11) is 3.10. The number of amides is 1. The first-order valence-corrected chi connectivity index (χ1v) is 8.11. The maximum Gasteiger partial charge on any atom is 0.248 e. The van der Waals surface area contributed by atoms with Gasteiger partial charge in [-0.05, 0) is 48.0 Å². The molecule has 3 rings (SSSR count). The van der Waals surface area contributed by atoms with Crippen LogP contribution in [-0.2, 0) is 4.79 Å². The zero-order valence-corrected chi connectivity index (χ0v) is 14.8. The first kappa shape index (κ1) is 18.2. The highest BCUT2D eigenvalue weighted by atomic mass is 19.1. The Bertz CT molecular complexity index is 946. The first-order valence-electron chi connectivity index (χ1n) is 8.11. The Hall–Kier alpha value is -3.61. The van der Waals surface area contributed by atoms with Crippen molar-refractivity contribution in [3.05, 3.63) is 72.3 Å². The maximum absolute atomic E-state index is 14.2. The van der Waals surface area contributed by atoms with Gasteiger partial charge < -0.3 is 14.8 Å². The Balaban J connectivity index is 1.71. The third-order valence-corrected chi connectivity index (χ3v) is 3.77. The molecule has 27 heavy (non-hydrogen) atoms. The van der Waals surface area contributed by atoms with Gasteiger partial charge in [0, 0.05) is 30.2 Å². The predicted octanol–water partition coefficient (Wildman–Crippen LogP) is 3.68. The molecular weight excluding hydrogens is 349 g/mol. The molecule has 0 spiro atoms. The van der Waals surface area contributed by atoms with E-state index in [0.29, 0.717) is 22.9 Å². The summed E-state index contributed by atoms with van der Waals surface area (Å²) in [5, 5.41) is 6.61. The number of nitrogens with one attached hydrogen (secondary N) is 1. The predicted molar refractivity (Wildman–Crippen MR) is 101 cm³/mol. The lowest BCUT2D eigenvalue weighted by molar-refractivity contribution is -0.111. The second-order valence-electron chi connectivity index (χ2n) is 5.59. The standard InChI is InChI=1S/C20H18FN3O3/c1-26-16-10-14(11-17(13-16)27-2)4-7-20(25)23-15-5-6-19(18(21)12-15)24-9-3-8-22-24/h3-13H,1-2H3,(H,23,25)/b7-4+. The molecule has 0 bridgehead atoms. The normalized spacial score (nSPS) is 10.8. The molecular formula is C20H18FN3O3. The van der Waals surface area contributed by atoms with Crippen LogP contribution in [0.5, 0.6) is 11.5 Å². The smallest absolute Gasteiger partial charge is 0.248 e. The van der Waals surface area contributed by atoms with Gasteiger partial charge in [0.1, 0.15) is 17.2 Å². The summed E-state index contributed by atoms with van der Waals surface area (Å²) in [5.41, 5.74) is 1.39. The maximum atomic E-state index is 14.2. The quantitative estimate of drug-likeness (QED) is 0.675. The monoisotopic (exact) mass is 367 g/mol. The molecule has 1 heterocycles. The van der Waals surface area contributed by atoms with Gasteiger partial charge in [-0.3, -0.25) is 4.79 Å². The van der Waals surface area contributed by atoms with Gasteiger partial charge in [-0.2, -0.15) is 5.10 Å². The van der Waals surface area contributed by atoms with E-state index in [1.807, 2.05) is 0 Å². The molecule has 0 saturated heterocycles. The first-order chi connectivity index (χ1) is 13.1. The van der Waals surface area contributed by atoms with Crippen molar-refractivity contribution in [1.82, 2.24) is 9.78 Å². The SMILES string of the molecule is COc1cc(/C=C/C(=O)Nc2ccc(-n3cccn3)c(F)c2)cc(OC)c1. The fourth-order valence-corrected chi connectivity index (χ4v) is 2.46. The van der Waals surface area contributed by atoms with E-state index in [-0.39, 0.29) is 5.91 Å². The van der Waals surface area contributed by atoms with Crippen LogP contribution in [0.4, 0.5) is 10.1 Å². The summed E-state index contributed by atoms with van der Waals surface area (Å²) >= 11 is 0. The summed E-state index contributed by atoms with van der Waals surface area (Å²) in [6, 6.07) is 11.4. The fraction of sp³-hybridized carbons (Fsp3) is 0.100. The Labute approximate surface area is 155 Å². The fourth-order valence-electron chi connectivity index (χ4n) is 2.46. The molecule has 2 aromatic carbocycles. The summed E-state index contributed by atoms with van der Waals surface area (Å²) in [5.74, 6) is 0.359. The van der Waals surface area contributed by atoms with E-state index in [1.165, 1.54) is 16.8 Å². The highest BCUT2D eigenvalue weighted by molar-refractivity contribution is 6.02. The van der Waals surface area contributed by atoms with Crippen LogP contribution in [-0.4, -0.2) is 29.9 Å². The average Bonchev–Trinajstić information content (AvgIpc) is 3.20. The van der Waals surface area contributed by atoms with Crippen molar-refractivity contribution >= 4 is 17.7 Å². The van der Waals surface area contributed by atoms with Crippen molar-refractivity contribution in [3.8, 4) is 17.2 Å². The van der Waals surface area contributed by atoms with E-state index in [2.05, 4.69) is 10.4 Å². The third-order valence-electron chi connectivity index (χ3n) is 3.77. The minimum atomic E-state index is -0.488. The zero-order valence-electron chi connectivity index (χ0n) is 14.8. The number of ether oxygens (including phenoxy) is 2. The van der Waals surface area contributed by atoms with Gasteiger partial charge in [0.2, 0.25) is 5.91 Å². The van der Waals surface area contributed by atoms with Crippen molar-refractivity contribution in [2.45, 2.75) is 0 Å². The number of aromatic nitrogens is 2. The van der Waals surface area contributed by atoms with Gasteiger partial charge in [-0.25, -0.2) is 9.07 Å². The van der Waals surface area contributed by atoms with Crippen LogP contribution in [0.3, 0.4) is 0 Å². The van der Waals surface area contributed by atoms with Crippen LogP contribution >= 0.6 is 0 Å². The number of nitrogens with zero attached hydrogens (tertiary/aromatic N) is 2. The van der Waals surface area contributed by atoms with E-state index in [4.69, 9.17) is 9.47 Å². The summed E-state index contributed by atoms with van der Waals surface area (Å²) in [4.78, 5) is 12.1. The van der Waals surface area contributed by atoms with Crippen molar-refractivity contribution in [1.29, 1.82) is 0 Å². The Kier molecular flexibility index (Phi) is 5.51. The number of rotatable bonds is 6. The molecule has 0 unspecified atom stereocenters. The molecule has 0 atom stereocenters. The van der Waals surface area contributed by atoms with Crippen LogP contribution in [0.25, 0.3) is 11.8 Å². The number of carbonyl (C=O) groups excluding carboxylic acids is 1. The lowest BCUT2D eigenvalue weighted by Gasteiger charge is -2.07. The number of hydrogen-bond donors (Lipinski definition) is 1. The van der Waals surface area contributed by atoms with E-state index < -0.39 is 5.82 Å². The van der Waals surface area contributed by atoms with Gasteiger partial charge in [-0.15, -0.1) is 0 Å². The number of methoxy groups -OCH3 is 2. The second-order valence-corrected chi connectivity index (χ2v) is 5.59. The molecule has 7 heteroatoms. The molecule has 3 aromatic rings. The van der Waals surface area contributed by atoms with Crippen LogP contribution in [0.2, 0.25) is 0 Å². The van der Waals surface area contributed by atoms with Crippen LogP contribution < -0.4 is 14.8 Å². The number of hydrogen-bond acceptors (Lipinski definition) is 4. The Morgan fingerprint density at radius 3 is 2.48 bits per heavy atom. The molecule has 0 fully saturated rings. The van der Waals surface area contributed by atoms with Crippen LogP contribution in [0.15, 0.2) is 60.9 Å². The number of benzene rings is 2. The molecule has 0 saturated carbocycles. The highest BCUT2D eigenvalue weighted by Crippen LogP contribution is 2.23. The lowest BCUT2D eigenvalue weighted by atomic mass is 10.2. The average molecular weight is 367 g/mol. The number of carbonyl (C=O) groups is 1. The number of anilines is 1. The summed E-state index contributed by atoms with van der Waals surface area (Å²) < 4.78 is 26.0. The van der Waals surface area contributed by atoms with Gasteiger partial charge in [0.25, 0.3) is 0 Å². The summed E-state index contributed by atoms with van der Waals surface area (Å²) in [6.07, 6.45) is 6.18. The van der Waals surface area contributed by atoms with E-state index in [1.54, 1.807) is 69.1 Å². The highest BCUT2D eigenvalue weighted by Gasteiger charge is 2.07. The van der Waals surface area contributed by atoms with E-state index >= 15 is 0 Å². The Morgan fingerprint density at radius 2 is 1.89 bits per heavy atom. The van der Waals surface area contributed by atoms with Gasteiger partial charge in [0.15, 0.2) is 5.82 Å². The molecule has 0 aliphatic heterocycles. The molecule has 1 aromatic heterocycles. The van der Waals surface area contributed by atoms with E-state index in [9.17, 15) is 9.18 Å². The topological polar surface area (TPSA) is 65.4 Å². The van der Waals surface area contributed by atoms with Crippen molar-refractivity contribution in [2.24, 2.45) is 0 Å². The van der Waals surface area contributed by atoms with Gasteiger partial charge >= 0.3 is 0 Å². The molecule has 138 valence electrons. The third kappa shape index (κ3) is 4.52. The molecule has 0 aliphatic carbocycles. The zero-order chi connectivity index (χ0) is 19.2. The largest absolute Gasteiger partial charge is 0.497 e. The van der Waals surface area contributed by atoms with Crippen LogP contribution in [0.1, 0.15) is 5.56 Å². The summed E-state index contributed by atoms with van der Waals surface area (Å²) in [6.45, 7) is 0. The van der Waals surface area contributed by atoms with Crippen molar-refractivity contribution < 1.29 is 18.7 Å². The molecule has 0 radical (unpaired) electrons. The molecule has 6 nitrogen and oxygen atoms in total. The van der Waals surface area contributed by atoms with Crippen LogP contribution in [0, 0.1) is 5.82 Å². The van der Waals surface area contributed by atoms with Crippen molar-refractivity contribution in [3.63, 3.8) is 0 Å². The lowest BCUT2D eigenvalue weighted by Crippen LogP contribution is -2.08. The van der Waals surface area contributed by atoms with E-state index in [0.717, 1.165) is 5.56 Å². The minimum Gasteiger partial charge on any atom is -0.497 e. The second kappa shape index (κ2) is 8.18. The molecule has 1 amide bonds. The molecule has 0 aliphatic rings. The molecule has 1 N–H and O–H groups in total.